The molecule has 0 spiro atoms. The Bertz CT molecular complexity index is 478. The number of benzene rings is 1. The number of esters is 1. The summed E-state index contributed by atoms with van der Waals surface area (Å²) in [6.45, 7) is 0.746. The Kier molecular flexibility index (Phi) is 6.11. The van der Waals surface area contributed by atoms with Gasteiger partial charge in [-0.3, -0.25) is 9.59 Å². The molecular formula is C16H21NO3S. The van der Waals surface area contributed by atoms with Crippen molar-refractivity contribution in [1.29, 1.82) is 0 Å². The molecular weight excluding hydrogens is 286 g/mol. The summed E-state index contributed by atoms with van der Waals surface area (Å²) in [7, 11) is 1.39. The summed E-state index contributed by atoms with van der Waals surface area (Å²) in [5.74, 6) is 0.287. The van der Waals surface area contributed by atoms with Gasteiger partial charge in [-0.05, 0) is 31.4 Å². The molecule has 0 aliphatic carbocycles. The summed E-state index contributed by atoms with van der Waals surface area (Å²) >= 11 is 1.54. The summed E-state index contributed by atoms with van der Waals surface area (Å²) in [4.78, 5) is 26.8. The van der Waals surface area contributed by atoms with Crippen LogP contribution >= 0.6 is 11.8 Å². The van der Waals surface area contributed by atoms with Crippen molar-refractivity contribution in [1.82, 2.24) is 4.90 Å². The number of hydrogen-bond donors (Lipinski definition) is 0. The Morgan fingerprint density at radius 3 is 2.76 bits per heavy atom. The fourth-order valence-electron chi connectivity index (χ4n) is 2.56. The van der Waals surface area contributed by atoms with Gasteiger partial charge >= 0.3 is 5.97 Å². The lowest BCUT2D eigenvalue weighted by Crippen LogP contribution is -2.45. The molecule has 4 nitrogen and oxygen atoms in total. The molecule has 1 aromatic rings. The first-order chi connectivity index (χ1) is 10.2. The Labute approximate surface area is 129 Å². The summed E-state index contributed by atoms with van der Waals surface area (Å²) < 4.78 is 4.73. The van der Waals surface area contributed by atoms with E-state index in [4.69, 9.17) is 4.74 Å². The number of nitrogens with zero attached hydrogens (tertiary/aromatic N) is 1. The van der Waals surface area contributed by atoms with Crippen LogP contribution in [0, 0.1) is 0 Å². The van der Waals surface area contributed by atoms with Crippen LogP contribution in [0.3, 0.4) is 0 Å². The maximum atomic E-state index is 12.4. The number of ether oxygens (including phenoxy) is 1. The third-order valence-electron chi connectivity index (χ3n) is 3.68. The number of methoxy groups -OCH3 is 1. The van der Waals surface area contributed by atoms with Crippen molar-refractivity contribution in [2.24, 2.45) is 0 Å². The van der Waals surface area contributed by atoms with Crippen molar-refractivity contribution in [3.63, 3.8) is 0 Å². The van der Waals surface area contributed by atoms with Crippen molar-refractivity contribution in [2.45, 2.75) is 36.6 Å². The SMILES string of the molecule is COC(=O)CC1CCCCN1C(=O)CSc1ccccc1. The van der Waals surface area contributed by atoms with E-state index in [1.165, 1.54) is 7.11 Å². The van der Waals surface area contributed by atoms with Gasteiger partial charge in [0.05, 0.1) is 19.3 Å². The molecule has 1 fully saturated rings. The lowest BCUT2D eigenvalue weighted by Gasteiger charge is -2.35. The number of carbonyl (C=O) groups is 2. The molecule has 5 heteroatoms. The maximum absolute atomic E-state index is 12.4. The average Bonchev–Trinajstić information content (AvgIpc) is 2.54. The number of likely N-dealkylation sites (tertiary alicyclic amines) is 1. The molecule has 0 bridgehead atoms. The minimum Gasteiger partial charge on any atom is -0.469 e. The molecule has 0 N–H and O–H groups in total. The van der Waals surface area contributed by atoms with E-state index in [1.807, 2.05) is 35.2 Å². The highest BCUT2D eigenvalue weighted by molar-refractivity contribution is 8.00. The fraction of sp³-hybridized carbons (Fsp3) is 0.500. The van der Waals surface area contributed by atoms with Crippen LogP contribution in [0.15, 0.2) is 35.2 Å². The van der Waals surface area contributed by atoms with Gasteiger partial charge in [-0.1, -0.05) is 18.2 Å². The van der Waals surface area contributed by atoms with Crippen LogP contribution < -0.4 is 0 Å². The third-order valence-corrected chi connectivity index (χ3v) is 4.68. The quantitative estimate of drug-likeness (QED) is 0.620. The first kappa shape index (κ1) is 15.9. The molecule has 0 saturated carbocycles. The Morgan fingerprint density at radius 1 is 1.29 bits per heavy atom. The number of piperidine rings is 1. The highest BCUT2D eigenvalue weighted by atomic mass is 32.2. The molecule has 21 heavy (non-hydrogen) atoms. The van der Waals surface area contributed by atoms with E-state index in [1.54, 1.807) is 11.8 Å². The van der Waals surface area contributed by atoms with E-state index < -0.39 is 0 Å². The van der Waals surface area contributed by atoms with Crippen LogP contribution in [-0.4, -0.2) is 42.2 Å². The zero-order chi connectivity index (χ0) is 15.1. The first-order valence-electron chi connectivity index (χ1n) is 7.25. The minimum atomic E-state index is -0.240. The molecule has 0 radical (unpaired) electrons. The number of carbonyl (C=O) groups excluding carboxylic acids is 2. The monoisotopic (exact) mass is 307 g/mol. The molecule has 1 aliphatic rings. The van der Waals surface area contributed by atoms with Crippen LogP contribution in [0.5, 0.6) is 0 Å². The van der Waals surface area contributed by atoms with Gasteiger partial charge in [0.1, 0.15) is 0 Å². The summed E-state index contributed by atoms with van der Waals surface area (Å²) in [5.41, 5.74) is 0. The van der Waals surface area contributed by atoms with E-state index in [0.717, 1.165) is 30.7 Å². The fourth-order valence-corrected chi connectivity index (χ4v) is 3.37. The van der Waals surface area contributed by atoms with E-state index in [9.17, 15) is 9.59 Å². The number of hydrogen-bond acceptors (Lipinski definition) is 4. The standard InChI is InChI=1S/C16H21NO3S/c1-20-16(19)11-13-7-5-6-10-17(13)15(18)12-21-14-8-3-2-4-9-14/h2-4,8-9,13H,5-7,10-12H2,1H3. The summed E-state index contributed by atoms with van der Waals surface area (Å²) in [6, 6.07) is 9.89. The second-order valence-corrected chi connectivity index (χ2v) is 6.17. The van der Waals surface area contributed by atoms with E-state index in [2.05, 4.69) is 0 Å². The van der Waals surface area contributed by atoms with Crippen molar-refractivity contribution < 1.29 is 14.3 Å². The molecule has 1 aromatic carbocycles. The van der Waals surface area contributed by atoms with Crippen molar-refractivity contribution in [3.05, 3.63) is 30.3 Å². The van der Waals surface area contributed by atoms with Crippen LogP contribution in [0.1, 0.15) is 25.7 Å². The Balaban J connectivity index is 1.90. The van der Waals surface area contributed by atoms with Gasteiger partial charge in [0.2, 0.25) is 5.91 Å². The van der Waals surface area contributed by atoms with Crippen LogP contribution in [0.25, 0.3) is 0 Å². The molecule has 1 unspecified atom stereocenters. The molecule has 1 aliphatic heterocycles. The highest BCUT2D eigenvalue weighted by Crippen LogP contribution is 2.23. The maximum Gasteiger partial charge on any atom is 0.307 e. The number of amides is 1. The predicted molar refractivity (Wildman–Crippen MR) is 83.2 cm³/mol. The molecule has 114 valence electrons. The van der Waals surface area contributed by atoms with Crippen LogP contribution in [-0.2, 0) is 14.3 Å². The average molecular weight is 307 g/mol. The van der Waals surface area contributed by atoms with Crippen molar-refractivity contribution >= 4 is 23.6 Å². The second kappa shape index (κ2) is 8.08. The largest absolute Gasteiger partial charge is 0.469 e. The van der Waals surface area contributed by atoms with Crippen molar-refractivity contribution in [2.75, 3.05) is 19.4 Å². The minimum absolute atomic E-state index is 0.00456. The molecule has 1 saturated heterocycles. The van der Waals surface area contributed by atoms with E-state index in [-0.39, 0.29) is 17.9 Å². The molecule has 1 amide bonds. The van der Waals surface area contributed by atoms with Gasteiger partial charge < -0.3 is 9.64 Å². The van der Waals surface area contributed by atoms with Gasteiger partial charge in [0.25, 0.3) is 0 Å². The lowest BCUT2D eigenvalue weighted by molar-refractivity contribution is -0.144. The van der Waals surface area contributed by atoms with Gasteiger partial charge in [-0.2, -0.15) is 0 Å². The topological polar surface area (TPSA) is 46.6 Å². The Morgan fingerprint density at radius 2 is 2.05 bits per heavy atom. The predicted octanol–water partition coefficient (Wildman–Crippen LogP) is 2.72. The zero-order valence-corrected chi connectivity index (χ0v) is 13.1. The van der Waals surface area contributed by atoms with Gasteiger partial charge in [0.15, 0.2) is 0 Å². The van der Waals surface area contributed by atoms with Crippen molar-refractivity contribution in [3.8, 4) is 0 Å². The molecule has 2 rings (SSSR count). The summed E-state index contributed by atoms with van der Waals surface area (Å²) in [5, 5.41) is 0. The number of thioether (sulfide) groups is 1. The normalized spacial score (nSPS) is 18.3. The van der Waals surface area contributed by atoms with Gasteiger partial charge in [-0.25, -0.2) is 0 Å². The van der Waals surface area contributed by atoms with Crippen LogP contribution in [0.4, 0.5) is 0 Å². The molecule has 1 atom stereocenters. The highest BCUT2D eigenvalue weighted by Gasteiger charge is 2.28. The third kappa shape index (κ3) is 4.77. The molecule has 1 heterocycles. The van der Waals surface area contributed by atoms with E-state index >= 15 is 0 Å². The summed E-state index contributed by atoms with van der Waals surface area (Å²) in [6.07, 6.45) is 3.27. The van der Waals surface area contributed by atoms with Gasteiger partial charge in [-0.15, -0.1) is 11.8 Å². The van der Waals surface area contributed by atoms with Gasteiger partial charge in [0, 0.05) is 17.5 Å². The smallest absolute Gasteiger partial charge is 0.307 e. The number of rotatable bonds is 5. The zero-order valence-electron chi connectivity index (χ0n) is 12.3. The second-order valence-electron chi connectivity index (χ2n) is 5.12. The van der Waals surface area contributed by atoms with E-state index in [0.29, 0.717) is 12.2 Å². The lowest BCUT2D eigenvalue weighted by atomic mass is 9.99. The Hall–Kier alpha value is -1.49. The first-order valence-corrected chi connectivity index (χ1v) is 8.23. The molecule has 0 aromatic heterocycles. The van der Waals surface area contributed by atoms with Crippen LogP contribution in [0.2, 0.25) is 0 Å².